The molecule has 0 saturated carbocycles. The number of carbonyl (C=O) groups is 2. The standard InChI is InChI=1S/C18H17N3O5/c1-10-11(2)25-12(3)15(10)17(23)24-9-14(22)19-18-21-20-16(26-18)13-7-5-4-6-8-13/h4-8H,9H2,1-3H3,(H,19,21,22). The zero-order chi connectivity index (χ0) is 18.7. The van der Waals surface area contributed by atoms with Crippen molar-refractivity contribution in [2.24, 2.45) is 0 Å². The largest absolute Gasteiger partial charge is 0.465 e. The zero-order valence-corrected chi connectivity index (χ0v) is 14.5. The molecule has 134 valence electrons. The number of rotatable bonds is 5. The summed E-state index contributed by atoms with van der Waals surface area (Å²) < 4.78 is 15.8. The van der Waals surface area contributed by atoms with Crippen molar-refractivity contribution in [3.63, 3.8) is 0 Å². The van der Waals surface area contributed by atoms with Crippen LogP contribution in [0.4, 0.5) is 6.01 Å². The summed E-state index contributed by atoms with van der Waals surface area (Å²) in [6.07, 6.45) is 0. The lowest BCUT2D eigenvalue weighted by atomic mass is 10.1. The third kappa shape index (κ3) is 3.64. The predicted octanol–water partition coefficient (Wildman–Crippen LogP) is 3.05. The molecule has 3 aromatic rings. The van der Waals surface area contributed by atoms with E-state index in [2.05, 4.69) is 15.5 Å². The van der Waals surface area contributed by atoms with E-state index in [1.807, 2.05) is 18.2 Å². The molecule has 0 aliphatic heterocycles. The van der Waals surface area contributed by atoms with Gasteiger partial charge in [0.1, 0.15) is 17.1 Å². The molecule has 0 saturated heterocycles. The smallest absolute Gasteiger partial charge is 0.342 e. The number of nitrogens with zero attached hydrogens (tertiary/aromatic N) is 2. The Bertz CT molecular complexity index is 943. The van der Waals surface area contributed by atoms with E-state index in [0.29, 0.717) is 22.6 Å². The number of aromatic nitrogens is 2. The number of hydrogen-bond acceptors (Lipinski definition) is 7. The molecule has 0 bridgehead atoms. The number of amides is 1. The van der Waals surface area contributed by atoms with Gasteiger partial charge >= 0.3 is 12.0 Å². The van der Waals surface area contributed by atoms with Gasteiger partial charge in [-0.15, -0.1) is 5.10 Å². The predicted molar refractivity (Wildman–Crippen MR) is 91.6 cm³/mol. The van der Waals surface area contributed by atoms with Crippen LogP contribution < -0.4 is 5.32 Å². The van der Waals surface area contributed by atoms with E-state index >= 15 is 0 Å². The van der Waals surface area contributed by atoms with Crippen molar-refractivity contribution in [2.75, 3.05) is 11.9 Å². The average molecular weight is 355 g/mol. The summed E-state index contributed by atoms with van der Waals surface area (Å²) in [6, 6.07) is 9.06. The second-order valence-electron chi connectivity index (χ2n) is 5.62. The minimum Gasteiger partial charge on any atom is -0.465 e. The fraction of sp³-hybridized carbons (Fsp3) is 0.222. The number of esters is 1. The van der Waals surface area contributed by atoms with Gasteiger partial charge in [0.15, 0.2) is 6.61 Å². The first-order chi connectivity index (χ1) is 12.5. The summed E-state index contributed by atoms with van der Waals surface area (Å²) in [7, 11) is 0. The number of nitrogens with one attached hydrogen (secondary N) is 1. The molecule has 26 heavy (non-hydrogen) atoms. The Morgan fingerprint density at radius 3 is 2.42 bits per heavy atom. The second kappa shape index (κ2) is 7.22. The molecular formula is C18H17N3O5. The molecule has 2 heterocycles. The van der Waals surface area contributed by atoms with Gasteiger partial charge in [-0.05, 0) is 32.9 Å². The highest BCUT2D eigenvalue weighted by molar-refractivity contribution is 5.96. The molecule has 0 unspecified atom stereocenters. The van der Waals surface area contributed by atoms with E-state index in [-0.39, 0.29) is 11.9 Å². The average Bonchev–Trinajstić information content (AvgIpc) is 3.18. The van der Waals surface area contributed by atoms with Gasteiger partial charge in [0, 0.05) is 11.1 Å². The van der Waals surface area contributed by atoms with Gasteiger partial charge in [0.25, 0.3) is 5.91 Å². The number of ether oxygens (including phenoxy) is 1. The summed E-state index contributed by atoms with van der Waals surface area (Å²) in [4.78, 5) is 24.1. The van der Waals surface area contributed by atoms with E-state index in [1.54, 1.807) is 32.9 Å². The fourth-order valence-electron chi connectivity index (χ4n) is 2.42. The number of furan rings is 1. The van der Waals surface area contributed by atoms with Crippen LogP contribution in [0.3, 0.4) is 0 Å². The molecule has 8 heteroatoms. The molecule has 8 nitrogen and oxygen atoms in total. The van der Waals surface area contributed by atoms with Gasteiger partial charge in [-0.25, -0.2) is 4.79 Å². The number of hydrogen-bond donors (Lipinski definition) is 1. The maximum Gasteiger partial charge on any atom is 0.342 e. The highest BCUT2D eigenvalue weighted by Crippen LogP contribution is 2.22. The van der Waals surface area contributed by atoms with Gasteiger partial charge in [0.2, 0.25) is 5.89 Å². The van der Waals surface area contributed by atoms with E-state index in [1.165, 1.54) is 0 Å². The number of benzene rings is 1. The van der Waals surface area contributed by atoms with Crippen LogP contribution in [0.15, 0.2) is 39.2 Å². The monoisotopic (exact) mass is 355 g/mol. The van der Waals surface area contributed by atoms with Crippen LogP contribution in [0.5, 0.6) is 0 Å². The summed E-state index contributed by atoms with van der Waals surface area (Å²) in [5, 5.41) is 10.00. The maximum atomic E-state index is 12.1. The molecule has 0 atom stereocenters. The van der Waals surface area contributed by atoms with E-state index in [9.17, 15) is 9.59 Å². The van der Waals surface area contributed by atoms with Crippen molar-refractivity contribution >= 4 is 17.9 Å². The Morgan fingerprint density at radius 1 is 1.04 bits per heavy atom. The molecule has 3 rings (SSSR count). The lowest BCUT2D eigenvalue weighted by molar-refractivity contribution is -0.119. The maximum absolute atomic E-state index is 12.1. The molecule has 1 aromatic carbocycles. The quantitative estimate of drug-likeness (QED) is 0.701. The normalized spacial score (nSPS) is 10.6. The van der Waals surface area contributed by atoms with Gasteiger partial charge in [-0.3, -0.25) is 10.1 Å². The Labute approximate surface area is 149 Å². The van der Waals surface area contributed by atoms with Crippen molar-refractivity contribution < 1.29 is 23.2 Å². The van der Waals surface area contributed by atoms with Gasteiger partial charge in [-0.2, -0.15) is 0 Å². The van der Waals surface area contributed by atoms with Crippen LogP contribution in [0.2, 0.25) is 0 Å². The van der Waals surface area contributed by atoms with E-state index in [0.717, 1.165) is 5.56 Å². The molecule has 0 spiro atoms. The van der Waals surface area contributed by atoms with Crippen LogP contribution in [-0.4, -0.2) is 28.7 Å². The van der Waals surface area contributed by atoms with Crippen LogP contribution in [0.25, 0.3) is 11.5 Å². The van der Waals surface area contributed by atoms with Crippen LogP contribution in [0.1, 0.15) is 27.4 Å². The van der Waals surface area contributed by atoms with Crippen LogP contribution in [0, 0.1) is 20.8 Å². The number of carbonyl (C=O) groups excluding carboxylic acids is 2. The van der Waals surface area contributed by atoms with Crippen LogP contribution >= 0.6 is 0 Å². The van der Waals surface area contributed by atoms with Crippen molar-refractivity contribution in [3.05, 3.63) is 53.0 Å². The zero-order valence-electron chi connectivity index (χ0n) is 14.5. The first-order valence-corrected chi connectivity index (χ1v) is 7.88. The SMILES string of the molecule is Cc1oc(C)c(C(=O)OCC(=O)Nc2nnc(-c3ccccc3)o2)c1C. The molecule has 1 N–H and O–H groups in total. The van der Waals surface area contributed by atoms with Crippen molar-refractivity contribution in [2.45, 2.75) is 20.8 Å². The number of anilines is 1. The lowest BCUT2D eigenvalue weighted by Crippen LogP contribution is -2.21. The summed E-state index contributed by atoms with van der Waals surface area (Å²) in [5.74, 6) is 0.158. The van der Waals surface area contributed by atoms with Gasteiger partial charge in [0.05, 0.1) is 0 Å². The molecule has 1 amide bonds. The van der Waals surface area contributed by atoms with Gasteiger partial charge < -0.3 is 13.6 Å². The first-order valence-electron chi connectivity index (χ1n) is 7.88. The summed E-state index contributed by atoms with van der Waals surface area (Å²) in [6.45, 7) is 4.70. The molecule has 0 aliphatic carbocycles. The van der Waals surface area contributed by atoms with E-state index < -0.39 is 18.5 Å². The van der Waals surface area contributed by atoms with Crippen molar-refractivity contribution in [1.29, 1.82) is 0 Å². The lowest BCUT2D eigenvalue weighted by Gasteiger charge is -2.04. The molecule has 0 fully saturated rings. The third-order valence-electron chi connectivity index (χ3n) is 3.79. The minimum absolute atomic E-state index is 0.0728. The molecule has 0 aliphatic rings. The van der Waals surface area contributed by atoms with Crippen molar-refractivity contribution in [1.82, 2.24) is 10.2 Å². The molecular weight excluding hydrogens is 338 g/mol. The summed E-state index contributed by atoms with van der Waals surface area (Å²) in [5.41, 5.74) is 1.75. The number of aryl methyl sites for hydroxylation is 2. The summed E-state index contributed by atoms with van der Waals surface area (Å²) >= 11 is 0. The Kier molecular flexibility index (Phi) is 4.83. The first kappa shape index (κ1) is 17.4. The molecule has 0 radical (unpaired) electrons. The highest BCUT2D eigenvalue weighted by Gasteiger charge is 2.21. The Hall–Kier alpha value is -3.42. The second-order valence-corrected chi connectivity index (χ2v) is 5.62. The fourth-order valence-corrected chi connectivity index (χ4v) is 2.42. The van der Waals surface area contributed by atoms with E-state index in [4.69, 9.17) is 13.6 Å². The highest BCUT2D eigenvalue weighted by atomic mass is 16.5. The molecule has 2 aromatic heterocycles. The Balaban J connectivity index is 1.58. The van der Waals surface area contributed by atoms with Crippen LogP contribution in [-0.2, 0) is 9.53 Å². The van der Waals surface area contributed by atoms with Crippen molar-refractivity contribution in [3.8, 4) is 11.5 Å². The third-order valence-corrected chi connectivity index (χ3v) is 3.79. The van der Waals surface area contributed by atoms with Gasteiger partial charge in [-0.1, -0.05) is 23.3 Å². The minimum atomic E-state index is -0.623. The topological polar surface area (TPSA) is 107 Å². The Morgan fingerprint density at radius 2 is 1.77 bits per heavy atom.